The minimum Gasteiger partial charge on any atom is -0.481 e. The number of alkyl carbamates (subject to hydrolysis) is 1. The second kappa shape index (κ2) is 11.3. The summed E-state index contributed by atoms with van der Waals surface area (Å²) in [5, 5.41) is 32.4. The zero-order chi connectivity index (χ0) is 23.7. The molecule has 0 saturated heterocycles. The van der Waals surface area contributed by atoms with Gasteiger partial charge in [0.25, 0.3) is 0 Å². The molecule has 0 radical (unpaired) electrons. The van der Waals surface area contributed by atoms with E-state index in [1.165, 1.54) is 0 Å². The molecule has 0 aliphatic carbocycles. The van der Waals surface area contributed by atoms with Crippen molar-refractivity contribution in [3.63, 3.8) is 0 Å². The number of aliphatic carboxylic acids is 1. The van der Waals surface area contributed by atoms with Gasteiger partial charge < -0.3 is 20.3 Å². The normalized spacial score (nSPS) is 14.0. The van der Waals surface area contributed by atoms with Crippen LogP contribution in [0.1, 0.15) is 43.9 Å². The Kier molecular flexibility index (Phi) is 8.80. The minimum atomic E-state index is -1.12. The molecule has 0 aliphatic heterocycles. The van der Waals surface area contributed by atoms with E-state index in [0.29, 0.717) is 17.5 Å². The van der Waals surface area contributed by atoms with Crippen LogP contribution in [0.3, 0.4) is 0 Å². The van der Waals surface area contributed by atoms with Gasteiger partial charge in [-0.15, -0.1) is 0 Å². The molecule has 0 unspecified atom stereocenters. The van der Waals surface area contributed by atoms with E-state index in [9.17, 15) is 19.8 Å². The molecule has 3 N–H and O–H groups in total. The predicted octanol–water partition coefficient (Wildman–Crippen LogP) is 3.69. The number of aliphatic hydroxyl groups excluding tert-OH is 1. The lowest BCUT2D eigenvalue weighted by atomic mass is 9.89. The highest BCUT2D eigenvalue weighted by atomic mass is 16.6. The van der Waals surface area contributed by atoms with Crippen molar-refractivity contribution in [2.75, 3.05) is 0 Å². The molecular weight excluding hydrogens is 408 g/mol. The van der Waals surface area contributed by atoms with Crippen molar-refractivity contribution < 1.29 is 24.5 Å². The number of benzene rings is 2. The van der Waals surface area contributed by atoms with Crippen LogP contribution in [-0.2, 0) is 22.4 Å². The standard InChI is InChI=1S/C25H30N2O5/c1-25(2,3)32-24(31)27-21(14-17-8-5-4-6-9-17)22(28)15-20(23(29)30)13-18-10-7-11-19(12-18)16-26/h4-12,20-22,28H,13-15H2,1-3H3,(H,27,31)(H,29,30)/t20-,21+,22+/m1/s1. The Balaban J connectivity index is 2.17. The van der Waals surface area contributed by atoms with Crippen LogP contribution in [0, 0.1) is 17.2 Å². The van der Waals surface area contributed by atoms with Gasteiger partial charge in [0.2, 0.25) is 0 Å². The Hall–Kier alpha value is -3.37. The van der Waals surface area contributed by atoms with Gasteiger partial charge in [-0.3, -0.25) is 4.79 Å². The van der Waals surface area contributed by atoms with Gasteiger partial charge in [-0.2, -0.15) is 5.26 Å². The van der Waals surface area contributed by atoms with Gasteiger partial charge >= 0.3 is 12.1 Å². The van der Waals surface area contributed by atoms with Gasteiger partial charge in [-0.25, -0.2) is 4.79 Å². The molecule has 0 spiro atoms. The number of aliphatic hydroxyl groups is 1. The van der Waals surface area contributed by atoms with Crippen molar-refractivity contribution >= 4 is 12.1 Å². The number of carbonyl (C=O) groups is 2. The number of nitrogens with one attached hydrogen (secondary N) is 1. The molecule has 0 aliphatic rings. The van der Waals surface area contributed by atoms with Crippen molar-refractivity contribution in [2.45, 2.75) is 57.8 Å². The maximum absolute atomic E-state index is 12.4. The summed E-state index contributed by atoms with van der Waals surface area (Å²) in [5.41, 5.74) is 1.33. The SMILES string of the molecule is CC(C)(C)OC(=O)N[C@@H](Cc1ccccc1)[C@@H](O)C[C@@H](Cc1cccc(C#N)c1)C(=O)O. The van der Waals surface area contributed by atoms with Crippen LogP contribution in [0.25, 0.3) is 0 Å². The minimum absolute atomic E-state index is 0.0700. The van der Waals surface area contributed by atoms with Crippen LogP contribution in [-0.4, -0.2) is 40.0 Å². The molecule has 7 heteroatoms. The number of hydrogen-bond acceptors (Lipinski definition) is 5. The summed E-state index contributed by atoms with van der Waals surface area (Å²) in [6, 6.07) is 17.4. The summed E-state index contributed by atoms with van der Waals surface area (Å²) < 4.78 is 5.32. The Labute approximate surface area is 188 Å². The molecule has 2 aromatic rings. The summed E-state index contributed by atoms with van der Waals surface area (Å²) in [7, 11) is 0. The lowest BCUT2D eigenvalue weighted by Gasteiger charge is -2.28. The Morgan fingerprint density at radius 1 is 1.06 bits per heavy atom. The zero-order valence-electron chi connectivity index (χ0n) is 18.6. The number of nitriles is 1. The molecule has 32 heavy (non-hydrogen) atoms. The summed E-state index contributed by atoms with van der Waals surface area (Å²) in [6.07, 6.45) is -1.39. The third kappa shape index (κ3) is 8.40. The summed E-state index contributed by atoms with van der Waals surface area (Å²) in [6.45, 7) is 5.22. The molecule has 2 aromatic carbocycles. The van der Waals surface area contributed by atoms with Crippen molar-refractivity contribution in [2.24, 2.45) is 5.92 Å². The number of carbonyl (C=O) groups excluding carboxylic acids is 1. The third-order valence-corrected chi connectivity index (χ3v) is 4.88. The third-order valence-electron chi connectivity index (χ3n) is 4.88. The van der Waals surface area contributed by atoms with E-state index in [0.717, 1.165) is 5.56 Å². The molecule has 0 saturated carbocycles. The number of rotatable bonds is 9. The van der Waals surface area contributed by atoms with Crippen LogP contribution in [0.5, 0.6) is 0 Å². The highest BCUT2D eigenvalue weighted by Gasteiger charge is 2.30. The fourth-order valence-electron chi connectivity index (χ4n) is 3.39. The molecule has 1 amide bonds. The van der Waals surface area contributed by atoms with Crippen molar-refractivity contribution in [1.29, 1.82) is 5.26 Å². The molecule has 0 bridgehead atoms. The largest absolute Gasteiger partial charge is 0.481 e. The molecule has 170 valence electrons. The summed E-state index contributed by atoms with van der Waals surface area (Å²) >= 11 is 0. The van der Waals surface area contributed by atoms with E-state index in [-0.39, 0.29) is 12.8 Å². The smallest absolute Gasteiger partial charge is 0.407 e. The number of carboxylic acids is 1. The van der Waals surface area contributed by atoms with E-state index >= 15 is 0 Å². The van der Waals surface area contributed by atoms with Gasteiger partial charge in [0.1, 0.15) is 5.60 Å². The fraction of sp³-hybridized carbons (Fsp3) is 0.400. The maximum Gasteiger partial charge on any atom is 0.407 e. The van der Waals surface area contributed by atoms with Crippen molar-refractivity contribution in [3.05, 3.63) is 71.3 Å². The van der Waals surface area contributed by atoms with E-state index in [1.807, 2.05) is 36.4 Å². The van der Waals surface area contributed by atoms with Crippen LogP contribution in [0.2, 0.25) is 0 Å². The van der Waals surface area contributed by atoms with Gasteiger partial charge in [0, 0.05) is 0 Å². The highest BCUT2D eigenvalue weighted by molar-refractivity contribution is 5.71. The Morgan fingerprint density at radius 3 is 2.31 bits per heavy atom. The molecule has 7 nitrogen and oxygen atoms in total. The molecular formula is C25H30N2O5. The van der Waals surface area contributed by atoms with E-state index in [1.54, 1.807) is 45.0 Å². The first-order valence-corrected chi connectivity index (χ1v) is 10.5. The molecule has 0 fully saturated rings. The predicted molar refractivity (Wildman–Crippen MR) is 120 cm³/mol. The second-order valence-corrected chi connectivity index (χ2v) is 8.80. The topological polar surface area (TPSA) is 120 Å². The molecule has 0 aromatic heterocycles. The quantitative estimate of drug-likeness (QED) is 0.549. The Bertz CT molecular complexity index is 947. The number of ether oxygens (including phenoxy) is 1. The highest BCUT2D eigenvalue weighted by Crippen LogP contribution is 2.20. The first-order chi connectivity index (χ1) is 15.1. The van der Waals surface area contributed by atoms with Crippen LogP contribution in [0.4, 0.5) is 4.79 Å². The number of nitrogens with zero attached hydrogens (tertiary/aromatic N) is 1. The fourth-order valence-corrected chi connectivity index (χ4v) is 3.39. The van der Waals surface area contributed by atoms with Crippen molar-refractivity contribution in [3.8, 4) is 6.07 Å². The summed E-state index contributed by atoms with van der Waals surface area (Å²) in [4.78, 5) is 24.2. The van der Waals surface area contributed by atoms with Crippen molar-refractivity contribution in [1.82, 2.24) is 5.32 Å². The molecule has 0 heterocycles. The van der Waals surface area contributed by atoms with Crippen LogP contribution < -0.4 is 5.32 Å². The molecule has 2 rings (SSSR count). The summed E-state index contributed by atoms with van der Waals surface area (Å²) in [5.74, 6) is -1.94. The first kappa shape index (κ1) is 24.9. The van der Waals surface area contributed by atoms with Crippen LogP contribution >= 0.6 is 0 Å². The lowest BCUT2D eigenvalue weighted by Crippen LogP contribution is -2.47. The number of amides is 1. The second-order valence-electron chi connectivity index (χ2n) is 8.80. The Morgan fingerprint density at radius 2 is 1.72 bits per heavy atom. The lowest BCUT2D eigenvalue weighted by molar-refractivity contribution is -0.143. The molecule has 3 atom stereocenters. The number of carboxylic acid groups (broad SMARTS) is 1. The average molecular weight is 439 g/mol. The van der Waals surface area contributed by atoms with Crippen LogP contribution in [0.15, 0.2) is 54.6 Å². The number of hydrogen-bond donors (Lipinski definition) is 3. The van der Waals surface area contributed by atoms with Gasteiger partial charge in [0.05, 0.1) is 29.7 Å². The zero-order valence-corrected chi connectivity index (χ0v) is 18.6. The van der Waals surface area contributed by atoms with Gasteiger partial charge in [0.15, 0.2) is 0 Å². The van der Waals surface area contributed by atoms with E-state index < -0.39 is 35.7 Å². The van der Waals surface area contributed by atoms with Gasteiger partial charge in [-0.1, -0.05) is 42.5 Å². The average Bonchev–Trinajstić information content (AvgIpc) is 2.72. The van der Waals surface area contributed by atoms with Gasteiger partial charge in [-0.05, 0) is 63.3 Å². The monoisotopic (exact) mass is 438 g/mol. The first-order valence-electron chi connectivity index (χ1n) is 10.5. The van der Waals surface area contributed by atoms with E-state index in [2.05, 4.69) is 5.32 Å². The van der Waals surface area contributed by atoms with E-state index in [4.69, 9.17) is 10.00 Å². The maximum atomic E-state index is 12.4.